The van der Waals surface area contributed by atoms with Gasteiger partial charge in [0.05, 0.1) is 0 Å². The maximum absolute atomic E-state index is 10.8. The molecule has 17 heavy (non-hydrogen) atoms. The van der Waals surface area contributed by atoms with E-state index in [4.69, 9.17) is 5.11 Å². The summed E-state index contributed by atoms with van der Waals surface area (Å²) in [5.41, 5.74) is 1.14. The molecular weight excluding hydrogens is 238 g/mol. The second-order valence-corrected chi connectivity index (χ2v) is 4.62. The van der Waals surface area contributed by atoms with Crippen LogP contribution in [-0.2, 0) is 15.3 Å². The lowest BCUT2D eigenvalue weighted by molar-refractivity contribution is -0.140. The summed E-state index contributed by atoms with van der Waals surface area (Å²) in [5.74, 6) is -0.216. The summed E-state index contributed by atoms with van der Waals surface area (Å²) in [5, 5.41) is 11.3. The number of carbonyl (C=O) groups excluding carboxylic acids is 1. The van der Waals surface area contributed by atoms with Crippen molar-refractivity contribution in [2.45, 2.75) is 18.7 Å². The molecule has 0 saturated heterocycles. The fraction of sp³-hybridized carbons (Fsp3) is 0.333. The first-order chi connectivity index (χ1) is 8.09. The maximum atomic E-state index is 10.8. The van der Waals surface area contributed by atoms with Gasteiger partial charge in [-0.15, -0.1) is 0 Å². The molecule has 0 bridgehead atoms. The highest BCUT2D eigenvalue weighted by Crippen LogP contribution is 2.12. The lowest BCUT2D eigenvalue weighted by atomic mass is 10.2. The van der Waals surface area contributed by atoms with Crippen molar-refractivity contribution in [3.63, 3.8) is 0 Å². The molecule has 0 radical (unpaired) electrons. The Morgan fingerprint density at radius 3 is 2.53 bits per heavy atom. The second kappa shape index (κ2) is 6.96. The average Bonchev–Trinajstić information content (AvgIpc) is 2.28. The summed E-state index contributed by atoms with van der Waals surface area (Å²) in [6.07, 6.45) is 0. The van der Waals surface area contributed by atoms with E-state index in [1.807, 2.05) is 30.3 Å². The number of hydrogen-bond donors (Lipinski definition) is 2. The van der Waals surface area contributed by atoms with E-state index < -0.39 is 12.0 Å². The van der Waals surface area contributed by atoms with Crippen LogP contribution in [0.5, 0.6) is 0 Å². The predicted octanol–water partition coefficient (Wildman–Crippen LogP) is 1.51. The summed E-state index contributed by atoms with van der Waals surface area (Å²) >= 11 is 1.49. The van der Waals surface area contributed by atoms with Gasteiger partial charge in [-0.05, 0) is 5.56 Å². The van der Waals surface area contributed by atoms with E-state index in [2.05, 4.69) is 5.32 Å². The molecule has 92 valence electrons. The van der Waals surface area contributed by atoms with Crippen LogP contribution in [-0.4, -0.2) is 28.8 Å². The van der Waals surface area contributed by atoms with Crippen molar-refractivity contribution in [1.29, 1.82) is 0 Å². The molecule has 1 amide bonds. The largest absolute Gasteiger partial charge is 0.480 e. The lowest BCUT2D eigenvalue weighted by Gasteiger charge is -2.12. The highest BCUT2D eigenvalue weighted by Gasteiger charge is 2.17. The molecule has 4 nitrogen and oxygen atoms in total. The number of amides is 1. The maximum Gasteiger partial charge on any atom is 0.327 e. The normalized spacial score (nSPS) is 11.8. The van der Waals surface area contributed by atoms with Crippen LogP contribution >= 0.6 is 11.8 Å². The standard InChI is InChI=1S/C12H15NO3S/c1-9(14)13-11(12(15)16)8-17-7-10-5-3-2-4-6-10/h2-6,11H,7-8H2,1H3,(H,13,14)(H,15,16)/t11-/m1/s1. The van der Waals surface area contributed by atoms with Gasteiger partial charge in [-0.25, -0.2) is 4.79 Å². The van der Waals surface area contributed by atoms with Crippen LogP contribution in [0, 0.1) is 0 Å². The number of thioether (sulfide) groups is 1. The fourth-order valence-electron chi connectivity index (χ4n) is 1.29. The third kappa shape index (κ3) is 5.40. The molecule has 1 aromatic carbocycles. The molecule has 0 unspecified atom stereocenters. The zero-order chi connectivity index (χ0) is 12.7. The van der Waals surface area contributed by atoms with E-state index >= 15 is 0 Å². The molecule has 1 atom stereocenters. The van der Waals surface area contributed by atoms with E-state index in [1.54, 1.807) is 0 Å². The summed E-state index contributed by atoms with van der Waals surface area (Å²) in [4.78, 5) is 21.7. The summed E-state index contributed by atoms with van der Waals surface area (Å²) < 4.78 is 0. The van der Waals surface area contributed by atoms with E-state index in [0.717, 1.165) is 11.3 Å². The molecule has 1 aromatic rings. The molecular formula is C12H15NO3S. The van der Waals surface area contributed by atoms with E-state index in [0.29, 0.717) is 5.75 Å². The first-order valence-electron chi connectivity index (χ1n) is 5.21. The number of rotatable bonds is 6. The smallest absolute Gasteiger partial charge is 0.327 e. The molecule has 0 aliphatic rings. The minimum Gasteiger partial charge on any atom is -0.480 e. The monoisotopic (exact) mass is 253 g/mol. The van der Waals surface area contributed by atoms with E-state index in [-0.39, 0.29) is 5.91 Å². The van der Waals surface area contributed by atoms with Crippen LogP contribution in [0.25, 0.3) is 0 Å². The van der Waals surface area contributed by atoms with Gasteiger partial charge in [-0.3, -0.25) is 4.79 Å². The van der Waals surface area contributed by atoms with Crippen molar-refractivity contribution < 1.29 is 14.7 Å². The first-order valence-corrected chi connectivity index (χ1v) is 6.36. The zero-order valence-corrected chi connectivity index (χ0v) is 10.4. The number of benzene rings is 1. The van der Waals surface area contributed by atoms with Gasteiger partial charge in [-0.2, -0.15) is 11.8 Å². The molecule has 1 rings (SSSR count). The van der Waals surface area contributed by atoms with Crippen molar-refractivity contribution in [2.75, 3.05) is 5.75 Å². The van der Waals surface area contributed by atoms with Gasteiger partial charge in [0.25, 0.3) is 0 Å². The number of carbonyl (C=O) groups is 2. The van der Waals surface area contributed by atoms with Crippen molar-refractivity contribution in [3.05, 3.63) is 35.9 Å². The summed E-state index contributed by atoms with van der Waals surface area (Å²) in [6.45, 7) is 1.32. The molecule has 0 saturated carbocycles. The Labute approximate surface area is 104 Å². The average molecular weight is 253 g/mol. The van der Waals surface area contributed by atoms with Gasteiger partial charge in [0, 0.05) is 18.4 Å². The van der Waals surface area contributed by atoms with Crippen molar-refractivity contribution in [2.24, 2.45) is 0 Å². The van der Waals surface area contributed by atoms with Crippen LogP contribution in [0.1, 0.15) is 12.5 Å². The van der Waals surface area contributed by atoms with Crippen LogP contribution in [0.3, 0.4) is 0 Å². The summed E-state index contributed by atoms with van der Waals surface area (Å²) in [7, 11) is 0. The molecule has 5 heteroatoms. The van der Waals surface area contributed by atoms with Crippen LogP contribution in [0.4, 0.5) is 0 Å². The first kappa shape index (κ1) is 13.6. The summed E-state index contributed by atoms with van der Waals surface area (Å²) in [6, 6.07) is 8.98. The third-order valence-corrected chi connectivity index (χ3v) is 3.18. The molecule has 0 spiro atoms. The van der Waals surface area contributed by atoms with Crippen molar-refractivity contribution in [3.8, 4) is 0 Å². The second-order valence-electron chi connectivity index (χ2n) is 3.59. The lowest BCUT2D eigenvalue weighted by Crippen LogP contribution is -2.41. The SMILES string of the molecule is CC(=O)N[C@H](CSCc1ccccc1)C(=O)O. The zero-order valence-electron chi connectivity index (χ0n) is 9.55. The molecule has 0 fully saturated rings. The van der Waals surface area contributed by atoms with Gasteiger partial charge >= 0.3 is 5.97 Å². The molecule has 2 N–H and O–H groups in total. The van der Waals surface area contributed by atoms with E-state index in [1.165, 1.54) is 18.7 Å². The number of carboxylic acids is 1. The Bertz CT molecular complexity index is 381. The van der Waals surface area contributed by atoms with Gasteiger partial charge in [-0.1, -0.05) is 30.3 Å². The fourth-order valence-corrected chi connectivity index (χ4v) is 2.30. The minimum absolute atomic E-state index is 0.322. The number of aliphatic carboxylic acids is 1. The predicted molar refractivity (Wildman–Crippen MR) is 67.8 cm³/mol. The van der Waals surface area contributed by atoms with E-state index in [9.17, 15) is 9.59 Å². The molecule has 0 heterocycles. The Hall–Kier alpha value is -1.49. The minimum atomic E-state index is -0.999. The molecule has 0 aromatic heterocycles. The van der Waals surface area contributed by atoms with Gasteiger partial charge in [0.15, 0.2) is 0 Å². The highest BCUT2D eigenvalue weighted by molar-refractivity contribution is 7.98. The third-order valence-electron chi connectivity index (χ3n) is 2.07. The van der Waals surface area contributed by atoms with Gasteiger partial charge in [0.2, 0.25) is 5.91 Å². The number of nitrogens with one attached hydrogen (secondary N) is 1. The molecule has 0 aliphatic carbocycles. The quantitative estimate of drug-likeness (QED) is 0.806. The van der Waals surface area contributed by atoms with Gasteiger partial charge < -0.3 is 10.4 Å². The Morgan fingerprint density at radius 2 is 2.00 bits per heavy atom. The van der Waals surface area contributed by atoms with Gasteiger partial charge in [0.1, 0.15) is 6.04 Å². The Morgan fingerprint density at radius 1 is 1.35 bits per heavy atom. The highest BCUT2D eigenvalue weighted by atomic mass is 32.2. The van der Waals surface area contributed by atoms with Crippen LogP contribution < -0.4 is 5.32 Å². The van der Waals surface area contributed by atoms with Crippen LogP contribution in [0.15, 0.2) is 30.3 Å². The van der Waals surface area contributed by atoms with Crippen LogP contribution in [0.2, 0.25) is 0 Å². The topological polar surface area (TPSA) is 66.4 Å². The Balaban J connectivity index is 2.37. The number of carboxylic acid groups (broad SMARTS) is 1. The number of hydrogen-bond acceptors (Lipinski definition) is 3. The molecule has 0 aliphatic heterocycles. The Kier molecular flexibility index (Phi) is 5.56. The van der Waals surface area contributed by atoms with Crippen molar-refractivity contribution in [1.82, 2.24) is 5.32 Å². The van der Waals surface area contributed by atoms with Crippen molar-refractivity contribution >= 4 is 23.6 Å².